The molecular weight excluding hydrogens is 308 g/mol. The first-order valence-corrected chi connectivity index (χ1v) is 6.36. The second-order valence-electron chi connectivity index (χ2n) is 3.66. The van der Waals surface area contributed by atoms with E-state index in [9.17, 15) is 4.39 Å². The third-order valence-electron chi connectivity index (χ3n) is 2.35. The van der Waals surface area contributed by atoms with Crippen LogP contribution in [-0.2, 0) is 0 Å². The van der Waals surface area contributed by atoms with Gasteiger partial charge in [0.05, 0.1) is 10.0 Å². The summed E-state index contributed by atoms with van der Waals surface area (Å²) in [4.78, 5) is 0.224. The minimum Gasteiger partial charge on any atom is -0.453 e. The monoisotopic (exact) mass is 315 g/mol. The van der Waals surface area contributed by atoms with E-state index >= 15 is 0 Å². The van der Waals surface area contributed by atoms with E-state index in [1.165, 1.54) is 12.1 Å². The van der Waals surface area contributed by atoms with Gasteiger partial charge in [0.25, 0.3) is 0 Å². The smallest absolute Gasteiger partial charge is 0.184 e. The average molecular weight is 316 g/mol. The lowest BCUT2D eigenvalue weighted by Gasteiger charge is -2.10. The first kappa shape index (κ1) is 14.1. The van der Waals surface area contributed by atoms with Crippen LogP contribution in [0.5, 0.6) is 11.5 Å². The Hall–Kier alpha value is -1.36. The van der Waals surface area contributed by atoms with E-state index in [1.54, 1.807) is 24.3 Å². The molecule has 19 heavy (non-hydrogen) atoms. The molecule has 6 heteroatoms. The molecule has 2 aromatic rings. The van der Waals surface area contributed by atoms with Crippen molar-refractivity contribution in [2.45, 2.75) is 0 Å². The van der Waals surface area contributed by atoms with Gasteiger partial charge in [0, 0.05) is 5.56 Å². The summed E-state index contributed by atoms with van der Waals surface area (Å²) >= 11 is 16.5. The third kappa shape index (κ3) is 3.15. The zero-order chi connectivity index (χ0) is 14.0. The van der Waals surface area contributed by atoms with Crippen LogP contribution in [0, 0.1) is 5.82 Å². The van der Waals surface area contributed by atoms with Crippen LogP contribution in [0.3, 0.4) is 0 Å². The SMILES string of the molecule is NC(=S)c1ccc(Oc2cccc(Cl)c2F)c(Cl)c1. The Bertz CT molecular complexity index is 649. The second kappa shape index (κ2) is 5.74. The zero-order valence-electron chi connectivity index (χ0n) is 9.49. The highest BCUT2D eigenvalue weighted by Crippen LogP contribution is 2.33. The van der Waals surface area contributed by atoms with E-state index in [1.807, 2.05) is 0 Å². The number of ether oxygens (including phenoxy) is 1. The molecule has 2 rings (SSSR count). The molecule has 2 aromatic carbocycles. The van der Waals surface area contributed by atoms with Crippen molar-refractivity contribution < 1.29 is 9.13 Å². The largest absolute Gasteiger partial charge is 0.453 e. The summed E-state index contributed by atoms with van der Waals surface area (Å²) in [6.45, 7) is 0. The van der Waals surface area contributed by atoms with E-state index in [0.29, 0.717) is 11.3 Å². The number of benzene rings is 2. The van der Waals surface area contributed by atoms with Gasteiger partial charge in [-0.25, -0.2) is 4.39 Å². The molecule has 0 saturated carbocycles. The van der Waals surface area contributed by atoms with Crippen molar-refractivity contribution in [3.8, 4) is 11.5 Å². The van der Waals surface area contributed by atoms with Gasteiger partial charge in [-0.1, -0.05) is 41.5 Å². The summed E-state index contributed by atoms with van der Waals surface area (Å²) in [5.41, 5.74) is 6.09. The van der Waals surface area contributed by atoms with Crippen molar-refractivity contribution in [2.24, 2.45) is 5.73 Å². The number of hydrogen-bond acceptors (Lipinski definition) is 2. The Kier molecular flexibility index (Phi) is 4.24. The maximum atomic E-state index is 13.7. The lowest BCUT2D eigenvalue weighted by molar-refractivity contribution is 0.442. The maximum absolute atomic E-state index is 13.7. The van der Waals surface area contributed by atoms with Crippen LogP contribution in [0.25, 0.3) is 0 Å². The molecule has 0 radical (unpaired) electrons. The van der Waals surface area contributed by atoms with Crippen LogP contribution in [-0.4, -0.2) is 4.99 Å². The molecule has 2 N–H and O–H groups in total. The van der Waals surface area contributed by atoms with Gasteiger partial charge in [-0.2, -0.15) is 0 Å². The van der Waals surface area contributed by atoms with Gasteiger partial charge in [-0.3, -0.25) is 0 Å². The summed E-state index contributed by atoms with van der Waals surface area (Å²) in [6.07, 6.45) is 0. The topological polar surface area (TPSA) is 35.2 Å². The highest BCUT2D eigenvalue weighted by Gasteiger charge is 2.11. The minimum atomic E-state index is -0.640. The zero-order valence-corrected chi connectivity index (χ0v) is 11.8. The maximum Gasteiger partial charge on any atom is 0.184 e. The molecule has 0 aliphatic rings. The Balaban J connectivity index is 2.34. The summed E-state index contributed by atoms with van der Waals surface area (Å²) in [6, 6.07) is 9.24. The van der Waals surface area contributed by atoms with Gasteiger partial charge in [0.15, 0.2) is 11.6 Å². The second-order valence-corrected chi connectivity index (χ2v) is 4.92. The number of nitrogens with two attached hydrogens (primary N) is 1. The van der Waals surface area contributed by atoms with Gasteiger partial charge in [0.1, 0.15) is 10.7 Å². The number of halogens is 3. The minimum absolute atomic E-state index is 0.00234. The quantitative estimate of drug-likeness (QED) is 0.843. The summed E-state index contributed by atoms with van der Waals surface area (Å²) in [5.74, 6) is -0.348. The van der Waals surface area contributed by atoms with Crippen molar-refractivity contribution in [1.29, 1.82) is 0 Å². The van der Waals surface area contributed by atoms with Crippen LogP contribution in [0.2, 0.25) is 10.0 Å². The predicted octanol–water partition coefficient (Wildman–Crippen LogP) is 4.56. The van der Waals surface area contributed by atoms with Crippen molar-refractivity contribution in [3.05, 3.63) is 57.8 Å². The van der Waals surface area contributed by atoms with Crippen LogP contribution in [0.15, 0.2) is 36.4 Å². The van der Waals surface area contributed by atoms with Gasteiger partial charge < -0.3 is 10.5 Å². The Morgan fingerprint density at radius 3 is 2.47 bits per heavy atom. The molecule has 98 valence electrons. The molecule has 0 unspecified atom stereocenters. The standard InChI is InChI=1S/C13H8Cl2FNOS/c14-8-2-1-3-11(12(8)16)18-10-5-4-7(13(17)19)6-9(10)15/h1-6H,(H2,17,19). The molecule has 0 aliphatic carbocycles. The lowest BCUT2D eigenvalue weighted by atomic mass is 10.2. The van der Waals surface area contributed by atoms with E-state index in [-0.39, 0.29) is 20.8 Å². The Morgan fingerprint density at radius 1 is 1.11 bits per heavy atom. The molecule has 0 atom stereocenters. The summed E-state index contributed by atoms with van der Waals surface area (Å²) in [7, 11) is 0. The highest BCUT2D eigenvalue weighted by molar-refractivity contribution is 7.80. The summed E-state index contributed by atoms with van der Waals surface area (Å²) in [5, 5.41) is 0.262. The fourth-order valence-corrected chi connectivity index (χ4v) is 1.93. The van der Waals surface area contributed by atoms with Crippen LogP contribution >= 0.6 is 35.4 Å². The molecular formula is C13H8Cl2FNOS. The predicted molar refractivity (Wildman–Crippen MR) is 78.8 cm³/mol. The number of hydrogen-bond donors (Lipinski definition) is 1. The van der Waals surface area contributed by atoms with Gasteiger partial charge in [0.2, 0.25) is 0 Å². The fourth-order valence-electron chi connectivity index (χ4n) is 1.42. The third-order valence-corrected chi connectivity index (χ3v) is 3.18. The first-order chi connectivity index (χ1) is 8.99. The van der Waals surface area contributed by atoms with Crippen molar-refractivity contribution in [1.82, 2.24) is 0 Å². The van der Waals surface area contributed by atoms with Gasteiger partial charge >= 0.3 is 0 Å². The normalized spacial score (nSPS) is 10.3. The van der Waals surface area contributed by atoms with E-state index in [0.717, 1.165) is 0 Å². The molecule has 0 saturated heterocycles. The lowest BCUT2D eigenvalue weighted by Crippen LogP contribution is -2.08. The van der Waals surface area contributed by atoms with Gasteiger partial charge in [-0.05, 0) is 30.3 Å². The average Bonchev–Trinajstić information content (AvgIpc) is 2.37. The number of rotatable bonds is 3. The van der Waals surface area contributed by atoms with Crippen molar-refractivity contribution >= 4 is 40.4 Å². The Labute approximate surface area is 124 Å². The molecule has 0 heterocycles. The van der Waals surface area contributed by atoms with E-state index in [4.69, 9.17) is 45.9 Å². The van der Waals surface area contributed by atoms with Crippen molar-refractivity contribution in [3.63, 3.8) is 0 Å². The number of thiocarbonyl (C=S) groups is 1. The molecule has 0 aliphatic heterocycles. The van der Waals surface area contributed by atoms with E-state index in [2.05, 4.69) is 0 Å². The molecule has 0 bridgehead atoms. The first-order valence-electron chi connectivity index (χ1n) is 5.20. The molecule has 0 amide bonds. The van der Waals surface area contributed by atoms with Crippen LogP contribution < -0.4 is 10.5 Å². The van der Waals surface area contributed by atoms with Crippen LogP contribution in [0.4, 0.5) is 4.39 Å². The molecule has 0 aromatic heterocycles. The van der Waals surface area contributed by atoms with Crippen molar-refractivity contribution in [2.75, 3.05) is 0 Å². The highest BCUT2D eigenvalue weighted by atomic mass is 35.5. The molecule has 0 fully saturated rings. The Morgan fingerprint density at radius 2 is 1.84 bits per heavy atom. The van der Waals surface area contributed by atoms with E-state index < -0.39 is 5.82 Å². The summed E-state index contributed by atoms with van der Waals surface area (Å²) < 4.78 is 19.1. The molecule has 2 nitrogen and oxygen atoms in total. The fraction of sp³-hybridized carbons (Fsp3) is 0. The van der Waals surface area contributed by atoms with Gasteiger partial charge in [-0.15, -0.1) is 0 Å². The molecule has 0 spiro atoms. The van der Waals surface area contributed by atoms with Crippen LogP contribution in [0.1, 0.15) is 5.56 Å².